The molecule has 0 bridgehead atoms. The summed E-state index contributed by atoms with van der Waals surface area (Å²) in [6, 6.07) is 6.85. The first-order valence-corrected chi connectivity index (χ1v) is 5.44. The Bertz CT molecular complexity index is 409. The van der Waals surface area contributed by atoms with Gasteiger partial charge in [0, 0.05) is 11.6 Å². The van der Waals surface area contributed by atoms with E-state index in [0.29, 0.717) is 18.0 Å². The number of halogens is 1. The maximum Gasteiger partial charge on any atom is 0.323 e. The van der Waals surface area contributed by atoms with Crippen LogP contribution in [0.5, 0.6) is 0 Å². The van der Waals surface area contributed by atoms with Crippen LogP contribution < -0.4 is 10.6 Å². The summed E-state index contributed by atoms with van der Waals surface area (Å²) in [5, 5.41) is 13.7. The summed E-state index contributed by atoms with van der Waals surface area (Å²) in [6.45, 7) is 0.00706. The lowest BCUT2D eigenvalue weighted by atomic mass is 10.1. The van der Waals surface area contributed by atoms with Gasteiger partial charge in [0.1, 0.15) is 6.54 Å². The first-order chi connectivity index (χ1) is 8.09. The number of rotatable bonds is 5. The molecule has 3 N–H and O–H groups in total. The van der Waals surface area contributed by atoms with Crippen LogP contribution in [0.15, 0.2) is 24.3 Å². The zero-order chi connectivity index (χ0) is 12.7. The Balaban J connectivity index is 2.26. The lowest BCUT2D eigenvalue weighted by Crippen LogP contribution is -2.39. The van der Waals surface area contributed by atoms with Crippen molar-refractivity contribution in [2.45, 2.75) is 6.42 Å². The van der Waals surface area contributed by atoms with Gasteiger partial charge in [0.2, 0.25) is 0 Å². The maximum absolute atomic E-state index is 11.1. The Kier molecular flexibility index (Phi) is 5.29. The molecule has 2 amide bonds. The maximum atomic E-state index is 11.1. The van der Waals surface area contributed by atoms with Crippen molar-refractivity contribution in [2.24, 2.45) is 0 Å². The van der Waals surface area contributed by atoms with Crippen molar-refractivity contribution in [1.82, 2.24) is 10.6 Å². The first-order valence-electron chi connectivity index (χ1n) is 5.06. The molecule has 1 aromatic carbocycles. The van der Waals surface area contributed by atoms with E-state index in [9.17, 15) is 9.59 Å². The average molecular weight is 257 g/mol. The smallest absolute Gasteiger partial charge is 0.323 e. The van der Waals surface area contributed by atoms with E-state index in [1.807, 2.05) is 18.2 Å². The fourth-order valence-electron chi connectivity index (χ4n) is 1.23. The van der Waals surface area contributed by atoms with Crippen LogP contribution in [0.2, 0.25) is 5.02 Å². The van der Waals surface area contributed by atoms with Gasteiger partial charge >= 0.3 is 12.0 Å². The Morgan fingerprint density at radius 3 is 2.59 bits per heavy atom. The molecule has 1 rings (SSSR count). The Morgan fingerprint density at radius 1 is 1.24 bits per heavy atom. The van der Waals surface area contributed by atoms with Crippen LogP contribution in [0.25, 0.3) is 0 Å². The van der Waals surface area contributed by atoms with Crippen LogP contribution in [0.3, 0.4) is 0 Å². The summed E-state index contributed by atoms with van der Waals surface area (Å²) < 4.78 is 0. The van der Waals surface area contributed by atoms with Crippen molar-refractivity contribution in [2.75, 3.05) is 13.1 Å². The van der Waals surface area contributed by atoms with Gasteiger partial charge in [-0.05, 0) is 18.1 Å². The number of carbonyl (C=O) groups is 2. The number of benzene rings is 1. The zero-order valence-corrected chi connectivity index (χ0v) is 9.83. The van der Waals surface area contributed by atoms with Gasteiger partial charge in [0.15, 0.2) is 0 Å². The number of carboxylic acids is 1. The lowest BCUT2D eigenvalue weighted by Gasteiger charge is -2.06. The van der Waals surface area contributed by atoms with Crippen molar-refractivity contribution in [3.8, 4) is 0 Å². The molecule has 0 saturated carbocycles. The molecule has 0 atom stereocenters. The molecule has 6 heteroatoms. The van der Waals surface area contributed by atoms with Crippen molar-refractivity contribution in [1.29, 1.82) is 0 Å². The molecule has 0 aliphatic rings. The topological polar surface area (TPSA) is 78.4 Å². The number of urea groups is 1. The molecule has 0 fully saturated rings. The van der Waals surface area contributed by atoms with Crippen molar-refractivity contribution in [3.05, 3.63) is 34.9 Å². The fraction of sp³-hybridized carbons (Fsp3) is 0.273. The van der Waals surface area contributed by atoms with Crippen LogP contribution >= 0.6 is 11.6 Å². The van der Waals surface area contributed by atoms with Crippen molar-refractivity contribution < 1.29 is 14.7 Å². The molecular weight excluding hydrogens is 244 g/mol. The van der Waals surface area contributed by atoms with Crippen LogP contribution in [-0.2, 0) is 11.2 Å². The predicted octanol–water partition coefficient (Wildman–Crippen LogP) is 1.27. The first kappa shape index (κ1) is 13.3. The molecule has 0 unspecified atom stereocenters. The summed E-state index contributed by atoms with van der Waals surface area (Å²) in [5.74, 6) is -1.08. The molecule has 0 spiro atoms. The van der Waals surface area contributed by atoms with Crippen LogP contribution in [0, 0.1) is 0 Å². The number of aliphatic carboxylic acids is 1. The van der Waals surface area contributed by atoms with Crippen LogP contribution in [-0.4, -0.2) is 30.2 Å². The van der Waals surface area contributed by atoms with Gasteiger partial charge in [-0.1, -0.05) is 29.8 Å². The third-order valence-corrected chi connectivity index (χ3v) is 2.41. The quantitative estimate of drug-likeness (QED) is 0.742. The fourth-order valence-corrected chi connectivity index (χ4v) is 1.46. The van der Waals surface area contributed by atoms with Gasteiger partial charge in [0.25, 0.3) is 0 Å². The highest BCUT2D eigenvalue weighted by atomic mass is 35.5. The number of hydrogen-bond acceptors (Lipinski definition) is 2. The minimum Gasteiger partial charge on any atom is -0.480 e. The monoisotopic (exact) mass is 256 g/mol. The van der Waals surface area contributed by atoms with Gasteiger partial charge in [-0.25, -0.2) is 4.79 Å². The molecule has 17 heavy (non-hydrogen) atoms. The van der Waals surface area contributed by atoms with E-state index >= 15 is 0 Å². The number of nitrogens with one attached hydrogen (secondary N) is 2. The number of amides is 2. The highest BCUT2D eigenvalue weighted by Crippen LogP contribution is 2.14. The highest BCUT2D eigenvalue weighted by Gasteiger charge is 2.03. The molecule has 1 aromatic rings. The molecule has 0 aliphatic carbocycles. The molecule has 5 nitrogen and oxygen atoms in total. The van der Waals surface area contributed by atoms with Gasteiger partial charge in [-0.3, -0.25) is 4.79 Å². The average Bonchev–Trinajstić information content (AvgIpc) is 2.29. The number of carbonyl (C=O) groups excluding carboxylic acids is 1. The van der Waals surface area contributed by atoms with Crippen molar-refractivity contribution >= 4 is 23.6 Å². The van der Waals surface area contributed by atoms with E-state index in [2.05, 4.69) is 10.6 Å². The SMILES string of the molecule is O=C(O)CNC(=O)NCCc1ccccc1Cl. The summed E-state index contributed by atoms with van der Waals surface area (Å²) in [6.07, 6.45) is 0.597. The Labute approximate surface area is 104 Å². The van der Waals surface area contributed by atoms with E-state index in [-0.39, 0.29) is 0 Å². The normalized spacial score (nSPS) is 9.71. The lowest BCUT2D eigenvalue weighted by molar-refractivity contribution is -0.135. The summed E-state index contributed by atoms with van der Waals surface area (Å²) in [4.78, 5) is 21.3. The summed E-state index contributed by atoms with van der Waals surface area (Å²) >= 11 is 5.94. The van der Waals surface area contributed by atoms with E-state index < -0.39 is 18.5 Å². The molecule has 0 aliphatic heterocycles. The van der Waals surface area contributed by atoms with Gasteiger partial charge < -0.3 is 15.7 Å². The second-order valence-corrected chi connectivity index (χ2v) is 3.75. The number of carboxylic acid groups (broad SMARTS) is 1. The highest BCUT2D eigenvalue weighted by molar-refractivity contribution is 6.31. The molecule has 0 saturated heterocycles. The summed E-state index contributed by atoms with van der Waals surface area (Å²) in [5.41, 5.74) is 0.938. The predicted molar refractivity (Wildman–Crippen MR) is 64.2 cm³/mol. The second-order valence-electron chi connectivity index (χ2n) is 3.34. The Morgan fingerprint density at radius 2 is 1.94 bits per heavy atom. The second kappa shape index (κ2) is 6.75. The summed E-state index contributed by atoms with van der Waals surface area (Å²) in [7, 11) is 0. The van der Waals surface area contributed by atoms with Crippen LogP contribution in [0.1, 0.15) is 5.56 Å². The van der Waals surface area contributed by atoms with E-state index in [1.54, 1.807) is 6.07 Å². The van der Waals surface area contributed by atoms with Gasteiger partial charge in [0.05, 0.1) is 0 Å². The molecule has 0 radical (unpaired) electrons. The molecule has 0 heterocycles. The number of hydrogen-bond donors (Lipinski definition) is 3. The van der Waals surface area contributed by atoms with E-state index in [0.717, 1.165) is 5.56 Å². The van der Waals surface area contributed by atoms with Crippen molar-refractivity contribution in [3.63, 3.8) is 0 Å². The van der Waals surface area contributed by atoms with Crippen LogP contribution in [0.4, 0.5) is 4.79 Å². The van der Waals surface area contributed by atoms with E-state index in [1.165, 1.54) is 0 Å². The largest absolute Gasteiger partial charge is 0.480 e. The Hall–Kier alpha value is -1.75. The van der Waals surface area contributed by atoms with Gasteiger partial charge in [-0.2, -0.15) is 0 Å². The standard InChI is InChI=1S/C11H13ClN2O3/c12-9-4-2-1-3-8(9)5-6-13-11(17)14-7-10(15)16/h1-4H,5-7H2,(H,15,16)(H2,13,14,17). The minimum absolute atomic E-state index is 0.391. The molecule has 0 aromatic heterocycles. The molecular formula is C11H13ClN2O3. The minimum atomic E-state index is -1.08. The third-order valence-electron chi connectivity index (χ3n) is 2.04. The molecule has 92 valence electrons. The van der Waals surface area contributed by atoms with Gasteiger partial charge in [-0.15, -0.1) is 0 Å². The zero-order valence-electron chi connectivity index (χ0n) is 9.07. The third kappa shape index (κ3) is 5.21. The van der Waals surface area contributed by atoms with E-state index in [4.69, 9.17) is 16.7 Å².